The summed E-state index contributed by atoms with van der Waals surface area (Å²) in [5.41, 5.74) is 1.55. The van der Waals surface area contributed by atoms with Crippen molar-refractivity contribution in [3.63, 3.8) is 0 Å². The van der Waals surface area contributed by atoms with Crippen molar-refractivity contribution in [2.75, 3.05) is 13.0 Å². The lowest BCUT2D eigenvalue weighted by Crippen LogP contribution is -2.23. The van der Waals surface area contributed by atoms with E-state index in [0.717, 1.165) is 11.6 Å². The van der Waals surface area contributed by atoms with Crippen LogP contribution in [0.25, 0.3) is 0 Å². The average Bonchev–Trinajstić information content (AvgIpc) is 2.79. The zero-order chi connectivity index (χ0) is 10.7. The van der Waals surface area contributed by atoms with E-state index in [2.05, 4.69) is 18.2 Å². The maximum Gasteiger partial charge on any atom is 0.119 e. The van der Waals surface area contributed by atoms with Crippen molar-refractivity contribution in [2.24, 2.45) is 0 Å². The zero-order valence-corrected chi connectivity index (χ0v) is 9.89. The van der Waals surface area contributed by atoms with E-state index < -0.39 is 0 Å². The summed E-state index contributed by atoms with van der Waals surface area (Å²) >= 11 is 6.15. The van der Waals surface area contributed by atoms with Crippen LogP contribution in [0.15, 0.2) is 24.3 Å². The molecule has 1 fully saturated rings. The maximum atomic E-state index is 6.15. The van der Waals surface area contributed by atoms with Crippen LogP contribution in [-0.2, 0) is 5.41 Å². The Balaban J connectivity index is 2.33. The van der Waals surface area contributed by atoms with Gasteiger partial charge in [0.15, 0.2) is 0 Å². The molecule has 0 aromatic heterocycles. The molecule has 0 radical (unpaired) electrons. The molecule has 2 heteroatoms. The SMILES string of the molecule is COc1cccc(C2(CCl)CCCC2)c1. The number of halogens is 1. The molecule has 0 atom stereocenters. The molecule has 15 heavy (non-hydrogen) atoms. The molecule has 2 rings (SSSR count). The van der Waals surface area contributed by atoms with Crippen LogP contribution < -0.4 is 4.74 Å². The standard InChI is InChI=1S/C13H17ClO/c1-15-12-6-4-5-11(9-12)13(10-14)7-2-3-8-13/h4-6,9H,2-3,7-8,10H2,1H3. The highest BCUT2D eigenvalue weighted by molar-refractivity contribution is 6.18. The summed E-state index contributed by atoms with van der Waals surface area (Å²) in [4.78, 5) is 0. The van der Waals surface area contributed by atoms with Crippen molar-refractivity contribution in [2.45, 2.75) is 31.1 Å². The van der Waals surface area contributed by atoms with Gasteiger partial charge in [0.2, 0.25) is 0 Å². The van der Waals surface area contributed by atoms with E-state index in [9.17, 15) is 0 Å². The molecule has 0 amide bonds. The van der Waals surface area contributed by atoms with E-state index >= 15 is 0 Å². The van der Waals surface area contributed by atoms with E-state index in [1.54, 1.807) is 7.11 Å². The summed E-state index contributed by atoms with van der Waals surface area (Å²) in [6, 6.07) is 8.35. The van der Waals surface area contributed by atoms with E-state index in [4.69, 9.17) is 16.3 Å². The quantitative estimate of drug-likeness (QED) is 0.711. The molecule has 82 valence electrons. The van der Waals surface area contributed by atoms with Crippen LogP contribution in [0.1, 0.15) is 31.2 Å². The van der Waals surface area contributed by atoms with Crippen molar-refractivity contribution in [3.05, 3.63) is 29.8 Å². The van der Waals surface area contributed by atoms with Crippen molar-refractivity contribution in [3.8, 4) is 5.75 Å². The Morgan fingerprint density at radius 1 is 1.33 bits per heavy atom. The molecule has 0 aliphatic heterocycles. The summed E-state index contributed by atoms with van der Waals surface area (Å²) < 4.78 is 5.26. The molecule has 1 aliphatic rings. The van der Waals surface area contributed by atoms with Crippen LogP contribution in [0.2, 0.25) is 0 Å². The number of methoxy groups -OCH3 is 1. The maximum absolute atomic E-state index is 6.15. The largest absolute Gasteiger partial charge is 0.497 e. The van der Waals surface area contributed by atoms with Gasteiger partial charge < -0.3 is 4.74 Å². The third-order valence-electron chi connectivity index (χ3n) is 3.50. The number of alkyl halides is 1. The van der Waals surface area contributed by atoms with Crippen molar-refractivity contribution < 1.29 is 4.74 Å². The molecular formula is C13H17ClO. The van der Waals surface area contributed by atoms with Gasteiger partial charge in [-0.15, -0.1) is 11.6 Å². The Kier molecular flexibility index (Phi) is 3.20. The zero-order valence-electron chi connectivity index (χ0n) is 9.13. The smallest absolute Gasteiger partial charge is 0.119 e. The predicted octanol–water partition coefficient (Wildman–Crippen LogP) is 3.75. The van der Waals surface area contributed by atoms with Gasteiger partial charge in [-0.1, -0.05) is 25.0 Å². The molecule has 0 N–H and O–H groups in total. The fourth-order valence-corrected chi connectivity index (χ4v) is 2.93. The fourth-order valence-electron chi connectivity index (χ4n) is 2.50. The minimum Gasteiger partial charge on any atom is -0.497 e. The van der Waals surface area contributed by atoms with Gasteiger partial charge in [-0.2, -0.15) is 0 Å². The normalized spacial score (nSPS) is 19.1. The highest BCUT2D eigenvalue weighted by atomic mass is 35.5. The number of hydrogen-bond acceptors (Lipinski definition) is 1. The van der Waals surface area contributed by atoms with Gasteiger partial charge in [0.05, 0.1) is 7.11 Å². The summed E-state index contributed by atoms with van der Waals surface area (Å²) in [7, 11) is 1.71. The van der Waals surface area contributed by atoms with Gasteiger partial charge in [0, 0.05) is 11.3 Å². The van der Waals surface area contributed by atoms with E-state index in [0.29, 0.717) is 0 Å². The molecule has 1 saturated carbocycles. The van der Waals surface area contributed by atoms with Crippen molar-refractivity contribution in [1.82, 2.24) is 0 Å². The predicted molar refractivity (Wildman–Crippen MR) is 63.9 cm³/mol. The Morgan fingerprint density at radius 2 is 2.07 bits per heavy atom. The lowest BCUT2D eigenvalue weighted by atomic mass is 9.81. The van der Waals surface area contributed by atoms with Crippen LogP contribution in [0, 0.1) is 0 Å². The molecule has 0 bridgehead atoms. The van der Waals surface area contributed by atoms with Gasteiger partial charge in [-0.3, -0.25) is 0 Å². The Labute approximate surface area is 96.4 Å². The summed E-state index contributed by atoms with van der Waals surface area (Å²) in [6.07, 6.45) is 5.02. The molecule has 1 aliphatic carbocycles. The highest BCUT2D eigenvalue weighted by Gasteiger charge is 2.34. The number of benzene rings is 1. The average molecular weight is 225 g/mol. The number of hydrogen-bond donors (Lipinski definition) is 0. The lowest BCUT2D eigenvalue weighted by Gasteiger charge is -2.27. The molecule has 0 unspecified atom stereocenters. The van der Waals surface area contributed by atoms with Gasteiger partial charge in [-0.05, 0) is 30.5 Å². The van der Waals surface area contributed by atoms with Gasteiger partial charge in [0.25, 0.3) is 0 Å². The summed E-state index contributed by atoms with van der Waals surface area (Å²) in [6.45, 7) is 0. The first kappa shape index (κ1) is 10.8. The lowest BCUT2D eigenvalue weighted by molar-refractivity contribution is 0.411. The van der Waals surface area contributed by atoms with Crippen LogP contribution in [0.4, 0.5) is 0 Å². The second kappa shape index (κ2) is 4.44. The van der Waals surface area contributed by atoms with Crippen LogP contribution in [-0.4, -0.2) is 13.0 Å². The minimum atomic E-state index is 0.204. The molecule has 0 spiro atoms. The van der Waals surface area contributed by atoms with Crippen LogP contribution >= 0.6 is 11.6 Å². The monoisotopic (exact) mass is 224 g/mol. The molecular weight excluding hydrogens is 208 g/mol. The first-order valence-electron chi connectivity index (χ1n) is 5.51. The first-order valence-corrected chi connectivity index (χ1v) is 6.05. The van der Waals surface area contributed by atoms with Crippen LogP contribution in [0.3, 0.4) is 0 Å². The molecule has 1 aromatic carbocycles. The minimum absolute atomic E-state index is 0.204. The Morgan fingerprint density at radius 3 is 2.67 bits per heavy atom. The van der Waals surface area contributed by atoms with E-state index in [1.165, 1.54) is 31.2 Å². The Bertz CT molecular complexity index is 329. The topological polar surface area (TPSA) is 9.23 Å². The Hall–Kier alpha value is -0.690. The molecule has 0 heterocycles. The van der Waals surface area contributed by atoms with E-state index in [-0.39, 0.29) is 5.41 Å². The third kappa shape index (κ3) is 1.98. The molecule has 1 aromatic rings. The van der Waals surface area contributed by atoms with Gasteiger partial charge in [-0.25, -0.2) is 0 Å². The molecule has 0 saturated heterocycles. The fraction of sp³-hybridized carbons (Fsp3) is 0.538. The van der Waals surface area contributed by atoms with Gasteiger partial charge in [0.1, 0.15) is 5.75 Å². The first-order chi connectivity index (χ1) is 7.30. The second-order valence-corrected chi connectivity index (χ2v) is 4.62. The third-order valence-corrected chi connectivity index (χ3v) is 4.01. The van der Waals surface area contributed by atoms with Crippen molar-refractivity contribution >= 4 is 11.6 Å². The highest BCUT2D eigenvalue weighted by Crippen LogP contribution is 2.42. The van der Waals surface area contributed by atoms with Crippen LogP contribution in [0.5, 0.6) is 5.75 Å². The second-order valence-electron chi connectivity index (χ2n) is 4.35. The van der Waals surface area contributed by atoms with Crippen molar-refractivity contribution in [1.29, 1.82) is 0 Å². The molecule has 1 nitrogen and oxygen atoms in total. The van der Waals surface area contributed by atoms with E-state index in [1.807, 2.05) is 6.07 Å². The number of rotatable bonds is 3. The van der Waals surface area contributed by atoms with Gasteiger partial charge >= 0.3 is 0 Å². The summed E-state index contributed by atoms with van der Waals surface area (Å²) in [5.74, 6) is 1.66. The number of ether oxygens (including phenoxy) is 1. The summed E-state index contributed by atoms with van der Waals surface area (Å²) in [5, 5.41) is 0.